The lowest BCUT2D eigenvalue weighted by Gasteiger charge is -2.08. The number of aromatic carboxylic acids is 1. The zero-order valence-electron chi connectivity index (χ0n) is 10.2. The third-order valence-corrected chi connectivity index (χ3v) is 2.86. The monoisotopic (exact) mass is 255 g/mol. The number of rotatable bonds is 4. The van der Waals surface area contributed by atoms with Crippen molar-refractivity contribution in [3.63, 3.8) is 0 Å². The van der Waals surface area contributed by atoms with Gasteiger partial charge in [0.05, 0.1) is 5.56 Å². The maximum Gasteiger partial charge on any atom is 0.335 e. The molecule has 1 amide bonds. The van der Waals surface area contributed by atoms with E-state index in [1.807, 2.05) is 30.3 Å². The molecular weight excluding hydrogens is 242 g/mol. The maximum atomic E-state index is 11.4. The molecule has 0 aromatic heterocycles. The molecule has 0 aliphatic carbocycles. The van der Waals surface area contributed by atoms with Gasteiger partial charge in [0.2, 0.25) is 5.91 Å². The molecule has 2 rings (SSSR count). The Balaban J connectivity index is 2.43. The van der Waals surface area contributed by atoms with Gasteiger partial charge in [-0.3, -0.25) is 4.79 Å². The van der Waals surface area contributed by atoms with Crippen LogP contribution in [0.1, 0.15) is 31.8 Å². The molecule has 0 spiro atoms. The van der Waals surface area contributed by atoms with Gasteiger partial charge in [-0.2, -0.15) is 0 Å². The van der Waals surface area contributed by atoms with Crippen LogP contribution in [0.5, 0.6) is 0 Å². The minimum atomic E-state index is -1.02. The summed E-state index contributed by atoms with van der Waals surface area (Å²) in [4.78, 5) is 22.3. The highest BCUT2D eigenvalue weighted by atomic mass is 16.4. The van der Waals surface area contributed by atoms with Crippen molar-refractivity contribution in [2.45, 2.75) is 6.42 Å². The first-order valence-electron chi connectivity index (χ1n) is 5.78. The Hall–Kier alpha value is -2.62. The third-order valence-electron chi connectivity index (χ3n) is 2.86. The second kappa shape index (κ2) is 5.35. The third kappa shape index (κ3) is 2.98. The standard InChI is InChI=1S/C15H13NO3/c16-14(17)13-7-6-11(15(18)19)9-12(13)8-10-4-2-1-3-5-10/h1-7,9H,8H2,(H2,16,17)(H,18,19). The molecule has 19 heavy (non-hydrogen) atoms. The molecular formula is C15H13NO3. The van der Waals surface area contributed by atoms with E-state index in [2.05, 4.69) is 0 Å². The second-order valence-electron chi connectivity index (χ2n) is 4.20. The number of benzene rings is 2. The SMILES string of the molecule is NC(=O)c1ccc(C(=O)O)cc1Cc1ccccc1. The normalized spacial score (nSPS) is 10.1. The summed E-state index contributed by atoms with van der Waals surface area (Å²) in [6, 6.07) is 13.8. The van der Waals surface area contributed by atoms with Crippen LogP contribution in [0.15, 0.2) is 48.5 Å². The average Bonchev–Trinajstić information content (AvgIpc) is 2.39. The highest BCUT2D eigenvalue weighted by Gasteiger charge is 2.12. The van der Waals surface area contributed by atoms with Crippen molar-refractivity contribution in [2.75, 3.05) is 0 Å². The number of amides is 1. The van der Waals surface area contributed by atoms with E-state index in [9.17, 15) is 9.59 Å². The fourth-order valence-corrected chi connectivity index (χ4v) is 1.93. The van der Waals surface area contributed by atoms with Crippen LogP contribution in [0.3, 0.4) is 0 Å². The first-order chi connectivity index (χ1) is 9.08. The minimum absolute atomic E-state index is 0.149. The van der Waals surface area contributed by atoms with Crippen molar-refractivity contribution < 1.29 is 14.7 Å². The summed E-state index contributed by atoms with van der Waals surface area (Å²) >= 11 is 0. The lowest BCUT2D eigenvalue weighted by Crippen LogP contribution is -2.15. The predicted octanol–water partition coefficient (Wildman–Crippen LogP) is 2.07. The Morgan fingerprint density at radius 3 is 2.32 bits per heavy atom. The number of carbonyl (C=O) groups excluding carboxylic acids is 1. The predicted molar refractivity (Wildman–Crippen MR) is 71.2 cm³/mol. The smallest absolute Gasteiger partial charge is 0.335 e. The summed E-state index contributed by atoms with van der Waals surface area (Å²) in [5, 5.41) is 8.99. The van der Waals surface area contributed by atoms with E-state index in [1.54, 1.807) is 0 Å². The van der Waals surface area contributed by atoms with Crippen molar-refractivity contribution in [1.29, 1.82) is 0 Å². The Kier molecular flexibility index (Phi) is 3.61. The Morgan fingerprint density at radius 1 is 1.05 bits per heavy atom. The van der Waals surface area contributed by atoms with Gasteiger partial charge in [0.25, 0.3) is 0 Å². The molecule has 2 aromatic rings. The van der Waals surface area contributed by atoms with Crippen LogP contribution in [-0.2, 0) is 6.42 Å². The zero-order chi connectivity index (χ0) is 13.8. The quantitative estimate of drug-likeness (QED) is 0.877. The molecule has 96 valence electrons. The fraction of sp³-hybridized carbons (Fsp3) is 0.0667. The number of nitrogens with two attached hydrogens (primary N) is 1. The summed E-state index contributed by atoms with van der Waals surface area (Å²) < 4.78 is 0. The molecule has 0 atom stereocenters. The fourth-order valence-electron chi connectivity index (χ4n) is 1.93. The minimum Gasteiger partial charge on any atom is -0.478 e. The van der Waals surface area contributed by atoms with Gasteiger partial charge < -0.3 is 10.8 Å². The first-order valence-corrected chi connectivity index (χ1v) is 5.78. The first kappa shape index (κ1) is 12.8. The number of hydrogen-bond acceptors (Lipinski definition) is 2. The molecule has 0 aliphatic heterocycles. The summed E-state index contributed by atoms with van der Waals surface area (Å²) in [6.45, 7) is 0. The van der Waals surface area contributed by atoms with E-state index < -0.39 is 11.9 Å². The lowest BCUT2D eigenvalue weighted by molar-refractivity contribution is 0.0696. The molecule has 0 bridgehead atoms. The number of carbonyl (C=O) groups is 2. The van der Waals surface area contributed by atoms with E-state index in [1.165, 1.54) is 18.2 Å². The van der Waals surface area contributed by atoms with E-state index in [0.29, 0.717) is 17.5 Å². The molecule has 4 heteroatoms. The van der Waals surface area contributed by atoms with Gasteiger partial charge in [0.15, 0.2) is 0 Å². The van der Waals surface area contributed by atoms with Gasteiger partial charge in [0, 0.05) is 5.56 Å². The van der Waals surface area contributed by atoms with Gasteiger partial charge in [-0.15, -0.1) is 0 Å². The topological polar surface area (TPSA) is 80.4 Å². The van der Waals surface area contributed by atoms with Gasteiger partial charge in [-0.1, -0.05) is 30.3 Å². The molecule has 0 saturated heterocycles. The number of primary amides is 1. The average molecular weight is 255 g/mol. The van der Waals surface area contributed by atoms with Crippen LogP contribution in [0, 0.1) is 0 Å². The van der Waals surface area contributed by atoms with Crippen LogP contribution in [-0.4, -0.2) is 17.0 Å². The maximum absolute atomic E-state index is 11.4. The van der Waals surface area contributed by atoms with Crippen LogP contribution < -0.4 is 5.73 Å². The van der Waals surface area contributed by atoms with Crippen molar-refractivity contribution in [3.8, 4) is 0 Å². The summed E-state index contributed by atoms with van der Waals surface area (Å²) in [6.07, 6.45) is 0.472. The number of carboxylic acids is 1. The molecule has 0 aliphatic rings. The van der Waals surface area contributed by atoms with Crippen LogP contribution in [0.2, 0.25) is 0 Å². The molecule has 4 nitrogen and oxygen atoms in total. The molecule has 3 N–H and O–H groups in total. The van der Waals surface area contributed by atoms with E-state index in [0.717, 1.165) is 5.56 Å². The van der Waals surface area contributed by atoms with Crippen LogP contribution in [0.4, 0.5) is 0 Å². The van der Waals surface area contributed by atoms with Crippen molar-refractivity contribution in [2.24, 2.45) is 5.73 Å². The Bertz CT molecular complexity index is 621. The summed E-state index contributed by atoms with van der Waals surface area (Å²) in [5.41, 5.74) is 7.43. The molecule has 0 fully saturated rings. The largest absolute Gasteiger partial charge is 0.478 e. The van der Waals surface area contributed by atoms with Crippen LogP contribution in [0.25, 0.3) is 0 Å². The second-order valence-corrected chi connectivity index (χ2v) is 4.20. The van der Waals surface area contributed by atoms with Gasteiger partial charge >= 0.3 is 5.97 Å². The highest BCUT2D eigenvalue weighted by Crippen LogP contribution is 2.16. The van der Waals surface area contributed by atoms with E-state index in [4.69, 9.17) is 10.8 Å². The number of carboxylic acid groups (broad SMARTS) is 1. The van der Waals surface area contributed by atoms with Gasteiger partial charge in [-0.25, -0.2) is 4.79 Å². The van der Waals surface area contributed by atoms with E-state index in [-0.39, 0.29) is 5.56 Å². The molecule has 2 aromatic carbocycles. The lowest BCUT2D eigenvalue weighted by atomic mass is 9.97. The molecule has 0 radical (unpaired) electrons. The van der Waals surface area contributed by atoms with Crippen LogP contribution >= 0.6 is 0 Å². The Labute approximate surface area is 110 Å². The molecule has 0 heterocycles. The summed E-state index contributed by atoms with van der Waals surface area (Å²) in [7, 11) is 0. The van der Waals surface area contributed by atoms with Gasteiger partial charge in [0.1, 0.15) is 0 Å². The number of hydrogen-bond donors (Lipinski definition) is 2. The van der Waals surface area contributed by atoms with Crippen molar-refractivity contribution in [3.05, 3.63) is 70.8 Å². The summed E-state index contributed by atoms with van der Waals surface area (Å²) in [5.74, 6) is -1.58. The van der Waals surface area contributed by atoms with Crippen molar-refractivity contribution >= 4 is 11.9 Å². The molecule has 0 unspecified atom stereocenters. The van der Waals surface area contributed by atoms with Gasteiger partial charge in [-0.05, 0) is 35.7 Å². The Morgan fingerprint density at radius 2 is 1.74 bits per heavy atom. The molecule has 0 saturated carbocycles. The zero-order valence-corrected chi connectivity index (χ0v) is 10.2. The highest BCUT2D eigenvalue weighted by molar-refractivity contribution is 5.96. The van der Waals surface area contributed by atoms with Crippen molar-refractivity contribution in [1.82, 2.24) is 0 Å². The van der Waals surface area contributed by atoms with E-state index >= 15 is 0 Å².